The highest BCUT2D eigenvalue weighted by Crippen LogP contribution is 2.44. The molecule has 14 nitrogen and oxygen atoms in total. The molecule has 15 heteroatoms. The molecule has 3 aromatic carbocycles. The summed E-state index contributed by atoms with van der Waals surface area (Å²) in [6.07, 6.45) is 0.353. The van der Waals surface area contributed by atoms with Gasteiger partial charge in [-0.1, -0.05) is 68.4 Å². The number of nitrogens with one attached hydrogen (secondary N) is 4. The molecule has 4 rings (SSSR count). The van der Waals surface area contributed by atoms with Gasteiger partial charge in [-0.25, -0.2) is 9.59 Å². The van der Waals surface area contributed by atoms with E-state index in [2.05, 4.69) is 21.3 Å². The number of hydrogen-bond donors (Lipinski definition) is 6. The first-order valence-electron chi connectivity index (χ1n) is 15.7. The van der Waals surface area contributed by atoms with Crippen molar-refractivity contribution in [2.24, 2.45) is 11.7 Å². The zero-order valence-corrected chi connectivity index (χ0v) is 28.2. The Hall–Kier alpha value is -5.15. The molecule has 0 saturated heterocycles. The number of benzene rings is 3. The van der Waals surface area contributed by atoms with Crippen LogP contribution in [0.5, 0.6) is 5.75 Å². The molecule has 262 valence electrons. The van der Waals surface area contributed by atoms with Gasteiger partial charge < -0.3 is 41.0 Å². The van der Waals surface area contributed by atoms with Gasteiger partial charge in [-0.05, 0) is 47.1 Å². The van der Waals surface area contributed by atoms with Gasteiger partial charge in [-0.15, -0.1) is 0 Å². The molecular weight excluding hydrogens is 654 g/mol. The van der Waals surface area contributed by atoms with E-state index in [0.717, 1.165) is 28.5 Å². The molecule has 0 saturated carbocycles. The molecule has 0 radical (unpaired) electrons. The Bertz CT molecular complexity index is 1750. The minimum atomic E-state index is -3.94. The van der Waals surface area contributed by atoms with E-state index in [1.807, 2.05) is 48.5 Å². The van der Waals surface area contributed by atoms with Crippen molar-refractivity contribution in [2.45, 2.75) is 51.3 Å². The summed E-state index contributed by atoms with van der Waals surface area (Å²) < 4.78 is 34.0. The number of rotatable bonds is 15. The van der Waals surface area contributed by atoms with Gasteiger partial charge in [-0.3, -0.25) is 9.59 Å². The summed E-state index contributed by atoms with van der Waals surface area (Å²) in [7, 11) is -3.94. The lowest BCUT2D eigenvalue weighted by Gasteiger charge is -2.25. The van der Waals surface area contributed by atoms with Crippen molar-refractivity contribution in [3.8, 4) is 16.9 Å². The number of primary amides is 1. The third-order valence-corrected chi connectivity index (χ3v) is 8.40. The summed E-state index contributed by atoms with van der Waals surface area (Å²) in [5.74, 6) is -2.08. The molecule has 1 aliphatic carbocycles. The molecular formula is C34H41N5O9S. The molecule has 2 atom stereocenters. The van der Waals surface area contributed by atoms with Crippen LogP contribution in [-0.2, 0) is 31.1 Å². The van der Waals surface area contributed by atoms with E-state index in [1.54, 1.807) is 13.8 Å². The number of ether oxygens (including phenoxy) is 1. The van der Waals surface area contributed by atoms with Crippen molar-refractivity contribution in [3.63, 3.8) is 0 Å². The number of alkyl carbamates (subject to hydrolysis) is 1. The number of carbonyl (C=O) groups is 4. The molecule has 0 heterocycles. The maximum absolute atomic E-state index is 13.5. The summed E-state index contributed by atoms with van der Waals surface area (Å²) in [4.78, 5) is 51.2. The fraction of sp³-hybridized carbons (Fsp3) is 0.353. The first-order chi connectivity index (χ1) is 23.3. The second-order valence-corrected chi connectivity index (χ2v) is 13.5. The van der Waals surface area contributed by atoms with Crippen LogP contribution in [0.15, 0.2) is 66.7 Å². The smallest absolute Gasteiger partial charge is 0.407 e. The van der Waals surface area contributed by atoms with Gasteiger partial charge in [0, 0.05) is 29.8 Å². The van der Waals surface area contributed by atoms with Crippen LogP contribution in [-0.4, -0.2) is 69.0 Å². The number of urea groups is 1. The highest BCUT2D eigenvalue weighted by molar-refractivity contribution is 7.86. The minimum Gasteiger partial charge on any atom is -0.449 e. The average molecular weight is 696 g/mol. The van der Waals surface area contributed by atoms with E-state index in [-0.39, 0.29) is 48.9 Å². The molecule has 7 N–H and O–H groups in total. The number of anilines is 1. The van der Waals surface area contributed by atoms with E-state index in [4.69, 9.17) is 14.7 Å². The lowest BCUT2D eigenvalue weighted by atomic mass is 9.98. The van der Waals surface area contributed by atoms with E-state index in [0.29, 0.717) is 0 Å². The lowest BCUT2D eigenvalue weighted by Crippen LogP contribution is -2.54. The second-order valence-electron chi connectivity index (χ2n) is 11.9. The molecule has 1 aliphatic rings. The Kier molecular flexibility index (Phi) is 12.2. The Labute approximate surface area is 284 Å². The summed E-state index contributed by atoms with van der Waals surface area (Å²) in [6.45, 7) is 3.11. The van der Waals surface area contributed by atoms with Gasteiger partial charge in [0.2, 0.25) is 11.8 Å². The van der Waals surface area contributed by atoms with E-state index >= 15 is 0 Å². The summed E-state index contributed by atoms with van der Waals surface area (Å²) in [5.41, 5.74) is 9.67. The van der Waals surface area contributed by atoms with Gasteiger partial charge in [0.1, 0.15) is 24.4 Å². The Balaban J connectivity index is 1.44. The van der Waals surface area contributed by atoms with Crippen LogP contribution in [0, 0.1) is 5.92 Å². The van der Waals surface area contributed by atoms with E-state index in [9.17, 15) is 32.7 Å². The molecule has 2 unspecified atom stereocenters. The molecule has 0 bridgehead atoms. The number of nitrogens with two attached hydrogens (primary N) is 1. The van der Waals surface area contributed by atoms with Crippen LogP contribution in [0.1, 0.15) is 49.3 Å². The lowest BCUT2D eigenvalue weighted by molar-refractivity contribution is -0.128. The Morgan fingerprint density at radius 3 is 2.12 bits per heavy atom. The zero-order chi connectivity index (χ0) is 35.7. The largest absolute Gasteiger partial charge is 0.449 e. The number of aliphatic hydroxyl groups is 1. The van der Waals surface area contributed by atoms with Gasteiger partial charge in [0.05, 0.1) is 12.9 Å². The molecule has 0 aliphatic heterocycles. The van der Waals surface area contributed by atoms with E-state index in [1.165, 1.54) is 18.2 Å². The maximum atomic E-state index is 13.5. The van der Waals surface area contributed by atoms with Gasteiger partial charge in [0.25, 0.3) is 0 Å². The van der Waals surface area contributed by atoms with Gasteiger partial charge in [-0.2, -0.15) is 8.42 Å². The quantitative estimate of drug-likeness (QED) is 0.102. The highest BCUT2D eigenvalue weighted by Gasteiger charge is 2.32. The first-order valence-corrected chi connectivity index (χ1v) is 17.5. The van der Waals surface area contributed by atoms with Crippen molar-refractivity contribution in [3.05, 3.63) is 83.4 Å². The highest BCUT2D eigenvalue weighted by atomic mass is 32.2. The normalized spacial score (nSPS) is 13.4. The molecule has 0 aromatic heterocycles. The predicted molar refractivity (Wildman–Crippen MR) is 182 cm³/mol. The zero-order valence-electron chi connectivity index (χ0n) is 27.4. The minimum absolute atomic E-state index is 0.0459. The summed E-state index contributed by atoms with van der Waals surface area (Å²) in [6, 6.07) is 16.9. The van der Waals surface area contributed by atoms with E-state index < -0.39 is 58.7 Å². The van der Waals surface area contributed by atoms with Crippen LogP contribution in [0.3, 0.4) is 0 Å². The molecule has 5 amide bonds. The summed E-state index contributed by atoms with van der Waals surface area (Å²) >= 11 is 0. The first kappa shape index (κ1) is 36.7. The standard InChI is InChI=1S/C34H41N5O9S/c1-20(2)30(39-34(44)47-19-27-25-11-6-4-9-23(25)24-10-5-7-12-26(24)27)32(42)38-28(13-8-16-36-33(35)43)31(41)37-22-15-14-21(18-40)29(17-22)48-49(3,45)46/h4-7,9-12,14-15,17,20,27-28,30,40H,8,13,16,18-19H2,1-3H3,(H,37,41)(H,38,42)(H,39,44)(H3,35,36,43). The van der Waals surface area contributed by atoms with Crippen molar-refractivity contribution in [2.75, 3.05) is 24.7 Å². The van der Waals surface area contributed by atoms with Gasteiger partial charge in [0.15, 0.2) is 0 Å². The van der Waals surface area contributed by atoms with Crippen LogP contribution in [0.4, 0.5) is 15.3 Å². The number of fused-ring (bicyclic) bond motifs is 3. The monoisotopic (exact) mass is 695 g/mol. The van der Waals surface area contributed by atoms with Crippen LogP contribution in [0.2, 0.25) is 0 Å². The summed E-state index contributed by atoms with van der Waals surface area (Å²) in [5, 5.41) is 19.9. The predicted octanol–water partition coefficient (Wildman–Crippen LogP) is 2.95. The topological polar surface area (TPSA) is 215 Å². The molecule has 49 heavy (non-hydrogen) atoms. The van der Waals surface area contributed by atoms with Crippen molar-refractivity contribution in [1.82, 2.24) is 16.0 Å². The Morgan fingerprint density at radius 2 is 1.55 bits per heavy atom. The van der Waals surface area contributed by atoms with Gasteiger partial charge >= 0.3 is 22.2 Å². The SMILES string of the molecule is CC(C)C(NC(=O)OCC1c2ccccc2-c2ccccc21)C(=O)NC(CCCNC(N)=O)C(=O)Nc1ccc(CO)c(OS(C)(=O)=O)c1. The third-order valence-electron chi connectivity index (χ3n) is 7.91. The van der Waals surface area contributed by atoms with Crippen molar-refractivity contribution in [1.29, 1.82) is 0 Å². The number of amides is 5. The Morgan fingerprint density at radius 1 is 0.918 bits per heavy atom. The second kappa shape index (κ2) is 16.3. The fourth-order valence-electron chi connectivity index (χ4n) is 5.58. The molecule has 0 fully saturated rings. The third kappa shape index (κ3) is 9.93. The van der Waals surface area contributed by atoms with Crippen LogP contribution < -0.4 is 31.2 Å². The molecule has 3 aromatic rings. The van der Waals surface area contributed by atoms with Crippen LogP contribution in [0.25, 0.3) is 11.1 Å². The van der Waals surface area contributed by atoms with Crippen LogP contribution >= 0.6 is 0 Å². The average Bonchev–Trinajstić information content (AvgIpc) is 3.36. The molecule has 0 spiro atoms. The van der Waals surface area contributed by atoms with Crippen molar-refractivity contribution < 1.29 is 41.6 Å². The number of aliphatic hydroxyl groups excluding tert-OH is 1. The number of carbonyl (C=O) groups excluding carboxylic acids is 4. The van der Waals surface area contributed by atoms with Crippen molar-refractivity contribution >= 4 is 39.7 Å². The maximum Gasteiger partial charge on any atom is 0.407 e. The number of hydrogen-bond acceptors (Lipinski definition) is 9. The fourth-order valence-corrected chi connectivity index (χ4v) is 6.06.